The van der Waals surface area contributed by atoms with Gasteiger partial charge in [0.1, 0.15) is 4.90 Å². The Balaban J connectivity index is 3.38. The maximum Gasteiger partial charge on any atom is 0.246 e. The Morgan fingerprint density at radius 3 is 2.21 bits per heavy atom. The van der Waals surface area contributed by atoms with Gasteiger partial charge in [0, 0.05) is 11.0 Å². The number of sulfonamides is 1. The summed E-state index contributed by atoms with van der Waals surface area (Å²) in [6.07, 6.45) is 0. The third kappa shape index (κ3) is 3.82. The van der Waals surface area contributed by atoms with Gasteiger partial charge in [-0.2, -0.15) is 4.31 Å². The molecule has 1 aromatic rings. The van der Waals surface area contributed by atoms with Gasteiger partial charge in [0.05, 0.1) is 16.6 Å². The molecule has 1 amide bonds. The van der Waals surface area contributed by atoms with Gasteiger partial charge in [0.25, 0.3) is 0 Å². The molecule has 0 fully saturated rings. The van der Waals surface area contributed by atoms with Gasteiger partial charge in [-0.3, -0.25) is 4.79 Å². The second kappa shape index (κ2) is 6.41. The number of carbonyl (C=O) groups excluding carboxylic acids is 1. The Bertz CT molecular complexity index is 584. The highest BCUT2D eigenvalue weighted by Crippen LogP contribution is 2.34. The first-order valence-electron chi connectivity index (χ1n) is 5.13. The molecular formula is C10H11BrCl2N2O3S. The van der Waals surface area contributed by atoms with E-state index in [1.165, 1.54) is 12.1 Å². The molecule has 0 saturated heterocycles. The van der Waals surface area contributed by atoms with E-state index in [1.807, 2.05) is 0 Å². The van der Waals surface area contributed by atoms with Gasteiger partial charge in [-0.1, -0.05) is 46.1 Å². The van der Waals surface area contributed by atoms with Gasteiger partial charge in [0.15, 0.2) is 0 Å². The topological polar surface area (TPSA) is 80.5 Å². The quantitative estimate of drug-likeness (QED) is 0.838. The van der Waals surface area contributed by atoms with Crippen molar-refractivity contribution >= 4 is 55.1 Å². The molecule has 0 spiro atoms. The molecule has 2 N–H and O–H groups in total. The van der Waals surface area contributed by atoms with E-state index in [0.29, 0.717) is 4.47 Å². The standard InChI is InChI=1S/C10H11BrCl2N2O3S/c1-2-15(5-9(14)16)19(17,18)10-7(12)3-6(11)4-8(10)13/h3-4H,2,5H2,1H3,(H2,14,16). The predicted octanol–water partition coefficient (Wildman–Crippen LogP) is 2.25. The van der Waals surface area contributed by atoms with E-state index in [1.54, 1.807) is 6.92 Å². The molecule has 0 aromatic heterocycles. The van der Waals surface area contributed by atoms with E-state index in [0.717, 1.165) is 4.31 Å². The molecule has 0 radical (unpaired) electrons. The van der Waals surface area contributed by atoms with Gasteiger partial charge in [0.2, 0.25) is 15.9 Å². The summed E-state index contributed by atoms with van der Waals surface area (Å²) >= 11 is 15.0. The van der Waals surface area contributed by atoms with Crippen LogP contribution in [0.4, 0.5) is 0 Å². The van der Waals surface area contributed by atoms with Crippen LogP contribution in [-0.4, -0.2) is 31.7 Å². The molecule has 5 nitrogen and oxygen atoms in total. The summed E-state index contributed by atoms with van der Waals surface area (Å²) in [5, 5.41) is -0.0513. The molecule has 0 unspecified atom stereocenters. The average Bonchev–Trinajstić information content (AvgIpc) is 2.23. The van der Waals surface area contributed by atoms with E-state index in [-0.39, 0.29) is 21.5 Å². The van der Waals surface area contributed by atoms with Crippen LogP contribution >= 0.6 is 39.1 Å². The number of carbonyl (C=O) groups is 1. The minimum absolute atomic E-state index is 0.0257. The number of hydrogen-bond acceptors (Lipinski definition) is 3. The molecule has 0 saturated carbocycles. The van der Waals surface area contributed by atoms with Crippen LogP contribution in [0.1, 0.15) is 6.92 Å². The van der Waals surface area contributed by atoms with Crippen LogP contribution in [0, 0.1) is 0 Å². The van der Waals surface area contributed by atoms with E-state index >= 15 is 0 Å². The second-order valence-corrected chi connectivity index (χ2v) is 7.20. The van der Waals surface area contributed by atoms with Gasteiger partial charge in [-0.15, -0.1) is 0 Å². The van der Waals surface area contributed by atoms with Crippen molar-refractivity contribution < 1.29 is 13.2 Å². The Kier molecular flexibility index (Phi) is 5.64. The third-order valence-electron chi connectivity index (χ3n) is 2.25. The highest BCUT2D eigenvalue weighted by molar-refractivity contribution is 9.10. The van der Waals surface area contributed by atoms with Crippen molar-refractivity contribution in [3.05, 3.63) is 26.7 Å². The zero-order valence-corrected chi connectivity index (χ0v) is 13.8. The number of benzene rings is 1. The summed E-state index contributed by atoms with van der Waals surface area (Å²) in [7, 11) is -3.98. The lowest BCUT2D eigenvalue weighted by Crippen LogP contribution is -2.38. The predicted molar refractivity (Wildman–Crippen MR) is 77.8 cm³/mol. The molecule has 19 heavy (non-hydrogen) atoms. The third-order valence-corrected chi connectivity index (χ3v) is 5.55. The Hall–Kier alpha value is -0.340. The summed E-state index contributed by atoms with van der Waals surface area (Å²) < 4.78 is 26.2. The number of amides is 1. The fraction of sp³-hybridized carbons (Fsp3) is 0.300. The number of rotatable bonds is 5. The molecule has 0 aliphatic heterocycles. The molecule has 1 aromatic carbocycles. The highest BCUT2D eigenvalue weighted by Gasteiger charge is 2.29. The van der Waals surface area contributed by atoms with E-state index < -0.39 is 22.5 Å². The summed E-state index contributed by atoms with van der Waals surface area (Å²) in [6, 6.07) is 2.83. The normalized spacial score (nSPS) is 11.8. The van der Waals surface area contributed by atoms with Crippen LogP contribution in [0.25, 0.3) is 0 Å². The van der Waals surface area contributed by atoms with Crippen molar-refractivity contribution in [1.82, 2.24) is 4.31 Å². The fourth-order valence-corrected chi connectivity index (χ4v) is 4.74. The number of hydrogen-bond donors (Lipinski definition) is 1. The van der Waals surface area contributed by atoms with Crippen LogP contribution in [-0.2, 0) is 14.8 Å². The lowest BCUT2D eigenvalue weighted by Gasteiger charge is -2.20. The molecule has 0 aliphatic carbocycles. The van der Waals surface area contributed by atoms with E-state index in [2.05, 4.69) is 15.9 Å². The first-order chi connectivity index (χ1) is 8.70. The molecule has 0 bridgehead atoms. The van der Waals surface area contributed by atoms with Crippen LogP contribution in [0.5, 0.6) is 0 Å². The summed E-state index contributed by atoms with van der Waals surface area (Å²) in [6.45, 7) is 1.23. The zero-order valence-electron chi connectivity index (χ0n) is 9.86. The van der Waals surface area contributed by atoms with Gasteiger partial charge in [-0.25, -0.2) is 8.42 Å². The molecular weight excluding hydrogens is 379 g/mol. The number of nitrogens with zero attached hydrogens (tertiary/aromatic N) is 1. The zero-order chi connectivity index (χ0) is 14.8. The lowest BCUT2D eigenvalue weighted by molar-refractivity contribution is -0.118. The molecule has 9 heteroatoms. The van der Waals surface area contributed by atoms with Crippen molar-refractivity contribution in [2.75, 3.05) is 13.1 Å². The Labute approximate surface area is 129 Å². The van der Waals surface area contributed by atoms with Gasteiger partial charge in [-0.05, 0) is 12.1 Å². The number of primary amides is 1. The number of likely N-dealkylation sites (N-methyl/N-ethyl adjacent to an activating group) is 1. The Morgan fingerprint density at radius 2 is 1.84 bits per heavy atom. The summed E-state index contributed by atoms with van der Waals surface area (Å²) in [4.78, 5) is 10.7. The first-order valence-corrected chi connectivity index (χ1v) is 8.12. The van der Waals surface area contributed by atoms with Crippen LogP contribution < -0.4 is 5.73 Å². The monoisotopic (exact) mass is 388 g/mol. The summed E-state index contributed by atoms with van der Waals surface area (Å²) in [5.74, 6) is -0.755. The smallest absolute Gasteiger partial charge is 0.246 e. The van der Waals surface area contributed by atoms with Crippen molar-refractivity contribution in [2.24, 2.45) is 5.73 Å². The first kappa shape index (κ1) is 16.7. The van der Waals surface area contributed by atoms with E-state index in [9.17, 15) is 13.2 Å². The molecule has 0 heterocycles. The van der Waals surface area contributed by atoms with Crippen LogP contribution in [0.15, 0.2) is 21.5 Å². The average molecular weight is 390 g/mol. The highest BCUT2D eigenvalue weighted by atomic mass is 79.9. The molecule has 1 rings (SSSR count). The minimum Gasteiger partial charge on any atom is -0.369 e. The lowest BCUT2D eigenvalue weighted by atomic mass is 10.4. The maximum atomic E-state index is 12.4. The minimum atomic E-state index is -3.98. The Morgan fingerprint density at radius 1 is 1.37 bits per heavy atom. The van der Waals surface area contributed by atoms with Crippen molar-refractivity contribution in [2.45, 2.75) is 11.8 Å². The molecule has 0 atom stereocenters. The van der Waals surface area contributed by atoms with Crippen molar-refractivity contribution in [1.29, 1.82) is 0 Å². The van der Waals surface area contributed by atoms with Crippen LogP contribution in [0.3, 0.4) is 0 Å². The van der Waals surface area contributed by atoms with Crippen LogP contribution in [0.2, 0.25) is 10.0 Å². The van der Waals surface area contributed by atoms with Gasteiger partial charge < -0.3 is 5.73 Å². The van der Waals surface area contributed by atoms with E-state index in [4.69, 9.17) is 28.9 Å². The van der Waals surface area contributed by atoms with Gasteiger partial charge >= 0.3 is 0 Å². The number of nitrogens with two attached hydrogens (primary N) is 1. The SMILES string of the molecule is CCN(CC(N)=O)S(=O)(=O)c1c(Cl)cc(Br)cc1Cl. The molecule has 106 valence electrons. The largest absolute Gasteiger partial charge is 0.369 e. The fourth-order valence-electron chi connectivity index (χ4n) is 1.45. The van der Waals surface area contributed by atoms with Crippen molar-refractivity contribution in [3.63, 3.8) is 0 Å². The molecule has 0 aliphatic rings. The second-order valence-electron chi connectivity index (χ2n) is 3.60. The summed E-state index contributed by atoms with van der Waals surface area (Å²) in [5.41, 5.74) is 5.03. The maximum absolute atomic E-state index is 12.4. The van der Waals surface area contributed by atoms with Crippen molar-refractivity contribution in [3.8, 4) is 0 Å². The number of halogens is 3.